The van der Waals surface area contributed by atoms with Crippen molar-refractivity contribution >= 4 is 57.0 Å². The number of H-pyrrole nitrogens is 1. The van der Waals surface area contributed by atoms with Crippen LogP contribution in [0.2, 0.25) is 0 Å². The van der Waals surface area contributed by atoms with Crippen LogP contribution in [0.15, 0.2) is 53.9 Å². The Bertz CT molecular complexity index is 1380. The number of nitrogens with one attached hydrogen (secondary N) is 2. The van der Waals surface area contributed by atoms with Crippen LogP contribution in [0.25, 0.3) is 10.9 Å². The predicted molar refractivity (Wildman–Crippen MR) is 138 cm³/mol. The monoisotopic (exact) mass is 492 g/mol. The van der Waals surface area contributed by atoms with Crippen molar-refractivity contribution in [3.05, 3.63) is 64.4 Å². The summed E-state index contributed by atoms with van der Waals surface area (Å²) in [6.45, 7) is 2.94. The molecule has 5 rings (SSSR count). The van der Waals surface area contributed by atoms with E-state index in [0.29, 0.717) is 28.8 Å². The number of ether oxygens (including phenoxy) is 1. The Morgan fingerprint density at radius 2 is 1.97 bits per heavy atom. The molecule has 0 spiro atoms. The molecule has 3 heterocycles. The number of amides is 1. The average Bonchev–Trinajstić information content (AvgIpc) is 3.30. The fourth-order valence-electron chi connectivity index (χ4n) is 4.03. The Hall–Kier alpha value is -3.50. The number of anilines is 3. The number of thiazole rings is 1. The van der Waals surface area contributed by atoms with Crippen LogP contribution >= 0.6 is 23.6 Å². The summed E-state index contributed by atoms with van der Waals surface area (Å²) in [6.07, 6.45) is 0.278. The lowest BCUT2D eigenvalue weighted by Gasteiger charge is -2.36. The average molecular weight is 493 g/mol. The highest BCUT2D eigenvalue weighted by Gasteiger charge is 2.22. The number of nitrogens with zero attached hydrogens (tertiary/aromatic N) is 4. The number of benzene rings is 2. The van der Waals surface area contributed by atoms with Crippen molar-refractivity contribution in [1.29, 1.82) is 0 Å². The van der Waals surface area contributed by atoms with E-state index in [1.54, 1.807) is 7.11 Å². The van der Waals surface area contributed by atoms with Crippen LogP contribution in [-0.2, 0) is 11.2 Å². The zero-order valence-electron chi connectivity index (χ0n) is 18.7. The first-order chi connectivity index (χ1) is 16.6. The first-order valence-electron chi connectivity index (χ1n) is 11.0. The van der Waals surface area contributed by atoms with Crippen LogP contribution in [0.4, 0.5) is 16.6 Å². The maximum Gasteiger partial charge on any atom is 0.228 e. The zero-order chi connectivity index (χ0) is 23.5. The summed E-state index contributed by atoms with van der Waals surface area (Å²) in [5.41, 5.74) is 2.77. The van der Waals surface area contributed by atoms with E-state index in [4.69, 9.17) is 17.0 Å². The van der Waals surface area contributed by atoms with Gasteiger partial charge in [0.25, 0.3) is 0 Å². The van der Waals surface area contributed by atoms with Crippen molar-refractivity contribution in [1.82, 2.24) is 19.9 Å². The lowest BCUT2D eigenvalue weighted by atomic mass is 10.2. The van der Waals surface area contributed by atoms with Crippen molar-refractivity contribution in [2.45, 2.75) is 6.42 Å². The molecule has 10 heteroatoms. The minimum atomic E-state index is 0.0906. The number of rotatable bonds is 6. The second-order valence-electron chi connectivity index (χ2n) is 7.95. The maximum atomic E-state index is 12.9. The van der Waals surface area contributed by atoms with Gasteiger partial charge in [-0.05, 0) is 36.5 Å². The molecule has 0 saturated carbocycles. The maximum absolute atomic E-state index is 12.9. The number of hydrogen-bond acceptors (Lipinski definition) is 8. The van der Waals surface area contributed by atoms with Gasteiger partial charge in [0.05, 0.1) is 24.7 Å². The van der Waals surface area contributed by atoms with Gasteiger partial charge in [-0.3, -0.25) is 4.79 Å². The van der Waals surface area contributed by atoms with Gasteiger partial charge in [0.2, 0.25) is 5.91 Å². The topological polar surface area (TPSA) is 86.4 Å². The standard InChI is InChI=1S/C24H24N6O2S2/c1-32-18-6-4-5-17(14-18)29-9-11-30(12-10-29)21(31)13-16-15-34-24(25-16)28-22-19-7-2-3-8-20(19)26-23(33)27-22/h2-8,14-15H,9-13H2,1H3,(H2,25,26,27,28,33). The highest BCUT2D eigenvalue weighted by molar-refractivity contribution is 7.71. The van der Waals surface area contributed by atoms with Crippen LogP contribution in [-0.4, -0.2) is 59.0 Å². The normalized spacial score (nSPS) is 13.8. The van der Waals surface area contributed by atoms with Gasteiger partial charge in [-0.15, -0.1) is 11.3 Å². The molecule has 4 aromatic rings. The third-order valence-corrected chi connectivity index (χ3v) is 6.80. The van der Waals surface area contributed by atoms with Crippen molar-refractivity contribution in [2.75, 3.05) is 43.5 Å². The van der Waals surface area contributed by atoms with E-state index >= 15 is 0 Å². The molecule has 174 valence electrons. The van der Waals surface area contributed by atoms with Crippen molar-refractivity contribution in [3.8, 4) is 5.75 Å². The molecule has 1 fully saturated rings. The van der Waals surface area contributed by atoms with Crippen LogP contribution in [0, 0.1) is 4.77 Å². The minimum Gasteiger partial charge on any atom is -0.497 e. The predicted octanol–water partition coefficient (Wildman–Crippen LogP) is 4.39. The molecule has 0 bridgehead atoms. The molecule has 0 radical (unpaired) electrons. The first-order valence-corrected chi connectivity index (χ1v) is 12.2. The number of para-hydroxylation sites is 1. The minimum absolute atomic E-state index is 0.0906. The molecule has 0 aliphatic carbocycles. The van der Waals surface area contributed by atoms with Gasteiger partial charge in [-0.2, -0.15) is 0 Å². The van der Waals surface area contributed by atoms with E-state index in [1.165, 1.54) is 11.3 Å². The van der Waals surface area contributed by atoms with Gasteiger partial charge >= 0.3 is 0 Å². The highest BCUT2D eigenvalue weighted by atomic mass is 32.1. The van der Waals surface area contributed by atoms with E-state index in [9.17, 15) is 4.79 Å². The Labute approximate surface area is 206 Å². The van der Waals surface area contributed by atoms with Crippen LogP contribution in [0.5, 0.6) is 5.75 Å². The van der Waals surface area contributed by atoms with E-state index in [2.05, 4.69) is 31.2 Å². The number of carbonyl (C=O) groups is 1. The first kappa shape index (κ1) is 22.3. The molecule has 1 amide bonds. The Morgan fingerprint density at radius 3 is 2.79 bits per heavy atom. The molecule has 0 unspecified atom stereocenters. The van der Waals surface area contributed by atoms with E-state index < -0.39 is 0 Å². The van der Waals surface area contributed by atoms with Gasteiger partial charge in [0.1, 0.15) is 11.6 Å². The summed E-state index contributed by atoms with van der Waals surface area (Å²) in [5.74, 6) is 1.58. The molecule has 34 heavy (non-hydrogen) atoms. The highest BCUT2D eigenvalue weighted by Crippen LogP contribution is 2.26. The molecule has 1 aliphatic heterocycles. The lowest BCUT2D eigenvalue weighted by Crippen LogP contribution is -2.49. The smallest absolute Gasteiger partial charge is 0.228 e. The van der Waals surface area contributed by atoms with Crippen LogP contribution < -0.4 is 15.0 Å². The summed E-state index contributed by atoms with van der Waals surface area (Å²) in [7, 11) is 1.67. The van der Waals surface area contributed by atoms with Crippen molar-refractivity contribution in [2.24, 2.45) is 0 Å². The van der Waals surface area contributed by atoms with Crippen molar-refractivity contribution in [3.63, 3.8) is 0 Å². The molecular weight excluding hydrogens is 468 g/mol. The molecule has 0 atom stereocenters. The molecular formula is C24H24N6O2S2. The Morgan fingerprint density at radius 1 is 1.15 bits per heavy atom. The van der Waals surface area contributed by atoms with E-state index in [0.717, 1.165) is 41.1 Å². The number of carbonyl (C=O) groups excluding carboxylic acids is 1. The van der Waals surface area contributed by atoms with Crippen LogP contribution in [0.1, 0.15) is 5.69 Å². The summed E-state index contributed by atoms with van der Waals surface area (Å²) in [4.78, 5) is 29.2. The van der Waals surface area contributed by atoms with E-state index in [1.807, 2.05) is 52.7 Å². The SMILES string of the molecule is COc1cccc(N2CCN(C(=O)Cc3csc(Nc4nc(=S)[nH]c5ccccc45)n3)CC2)c1. The van der Waals surface area contributed by atoms with Gasteiger partial charge < -0.3 is 24.8 Å². The van der Waals surface area contributed by atoms with Gasteiger partial charge in [-0.25, -0.2) is 9.97 Å². The number of fused-ring (bicyclic) bond motifs is 1. The van der Waals surface area contributed by atoms with Gasteiger partial charge in [0.15, 0.2) is 9.90 Å². The number of aromatic amines is 1. The van der Waals surface area contributed by atoms with Crippen LogP contribution in [0.3, 0.4) is 0 Å². The van der Waals surface area contributed by atoms with Gasteiger partial charge in [0, 0.05) is 48.7 Å². The summed E-state index contributed by atoms with van der Waals surface area (Å²) >= 11 is 6.70. The number of aromatic nitrogens is 3. The molecule has 2 N–H and O–H groups in total. The van der Waals surface area contributed by atoms with E-state index in [-0.39, 0.29) is 12.3 Å². The number of hydrogen-bond donors (Lipinski definition) is 2. The second kappa shape index (κ2) is 9.78. The largest absolute Gasteiger partial charge is 0.497 e. The molecule has 8 nitrogen and oxygen atoms in total. The molecule has 2 aromatic carbocycles. The Kier molecular flexibility index (Phi) is 6.41. The van der Waals surface area contributed by atoms with Crippen molar-refractivity contribution < 1.29 is 9.53 Å². The fourth-order valence-corrected chi connectivity index (χ4v) is 4.94. The Balaban J connectivity index is 1.20. The fraction of sp³-hybridized carbons (Fsp3) is 0.250. The summed E-state index contributed by atoms with van der Waals surface area (Å²) < 4.78 is 5.73. The molecule has 2 aromatic heterocycles. The molecule has 1 aliphatic rings. The zero-order valence-corrected chi connectivity index (χ0v) is 20.3. The number of piperazine rings is 1. The quantitative estimate of drug-likeness (QED) is 0.386. The summed E-state index contributed by atoms with van der Waals surface area (Å²) in [6, 6.07) is 15.8. The van der Waals surface area contributed by atoms with Gasteiger partial charge in [-0.1, -0.05) is 18.2 Å². The number of methoxy groups -OCH3 is 1. The summed E-state index contributed by atoms with van der Waals surface area (Å²) in [5, 5.41) is 6.79. The second-order valence-corrected chi connectivity index (χ2v) is 9.20. The molecule has 1 saturated heterocycles. The lowest BCUT2D eigenvalue weighted by molar-refractivity contribution is -0.130. The third-order valence-electron chi connectivity index (χ3n) is 5.80. The third kappa shape index (κ3) is 4.87.